The number of nitrogens with one attached hydrogen (secondary N) is 1. The Morgan fingerprint density at radius 1 is 1.10 bits per heavy atom. The lowest BCUT2D eigenvalue weighted by molar-refractivity contribution is -0.274. The van der Waals surface area contributed by atoms with Crippen LogP contribution in [0.1, 0.15) is 24.2 Å². The van der Waals surface area contributed by atoms with Gasteiger partial charge >= 0.3 is 6.36 Å². The minimum absolute atomic E-state index is 0.110. The van der Waals surface area contributed by atoms with Crippen LogP contribution in [-0.4, -0.2) is 57.0 Å². The maximum Gasteiger partial charge on any atom is 0.573 e. The van der Waals surface area contributed by atoms with Gasteiger partial charge < -0.3 is 29.0 Å². The number of hydrogen-bond donors (Lipinski definition) is 1. The van der Waals surface area contributed by atoms with E-state index in [0.717, 1.165) is 23.4 Å². The number of hydrogen-bond acceptors (Lipinski definition) is 9. The lowest BCUT2D eigenvalue weighted by atomic mass is 10.1. The molecule has 2 rings (SSSR count). The normalized spacial score (nSPS) is 13.4. The Bertz CT molecular complexity index is 1120. The summed E-state index contributed by atoms with van der Waals surface area (Å²) >= 11 is 0.876. The molecule has 0 fully saturated rings. The number of methoxy groups -OCH3 is 1. The molecule has 1 N–H and O–H groups in total. The zero-order chi connectivity index (χ0) is 28.8. The van der Waals surface area contributed by atoms with Crippen molar-refractivity contribution < 1.29 is 51.2 Å². The summed E-state index contributed by atoms with van der Waals surface area (Å²) < 4.78 is 63.9. The van der Waals surface area contributed by atoms with Gasteiger partial charge in [0.1, 0.15) is 36.6 Å². The maximum atomic E-state index is 12.7. The fraction of sp³-hybridized carbons (Fsp3) is 0.346. The van der Waals surface area contributed by atoms with Crippen molar-refractivity contribution in [2.75, 3.05) is 27.4 Å². The van der Waals surface area contributed by atoms with Crippen LogP contribution in [0.2, 0.25) is 0 Å². The first kappa shape index (κ1) is 31.5. The summed E-state index contributed by atoms with van der Waals surface area (Å²) in [4.78, 5) is 33.5. The fourth-order valence-corrected chi connectivity index (χ4v) is 3.97. The van der Waals surface area contributed by atoms with Crippen LogP contribution >= 0.6 is 11.8 Å². The van der Waals surface area contributed by atoms with E-state index in [0.29, 0.717) is 23.4 Å². The molecule has 13 heteroatoms. The lowest BCUT2D eigenvalue weighted by Gasteiger charge is -2.21. The van der Waals surface area contributed by atoms with E-state index in [9.17, 15) is 27.6 Å². The monoisotopic (exact) mass is 571 g/mol. The summed E-state index contributed by atoms with van der Waals surface area (Å²) in [5.41, 5.74) is 1.73. The lowest BCUT2D eigenvalue weighted by Crippen LogP contribution is -2.31. The molecule has 1 amide bonds. The van der Waals surface area contributed by atoms with Crippen molar-refractivity contribution >= 4 is 29.8 Å². The Morgan fingerprint density at radius 2 is 1.82 bits per heavy atom. The molecule has 2 unspecified atom stereocenters. The molecule has 0 aromatic heterocycles. The zero-order valence-corrected chi connectivity index (χ0v) is 22.2. The SMILES string of the molecule is CNC(=O)C(Cc1ccc(OCC(OC/C(OC)=C(\C)OC=O)c2cccc(OC(F)(F)F)c2)cc1)SC=O. The Labute approximate surface area is 227 Å². The third kappa shape index (κ3) is 10.9. The molecule has 0 heterocycles. The standard InChI is InChI=1S/C26H28F3NO8S/c1-17(37-15-31)22(34-3)13-36-23(19-5-4-6-21(12-19)38-26(27,28)29)14-35-20-9-7-18(8-10-20)11-24(39-16-32)25(33)30-2/h4-10,12,15-16,23-24H,11,13-14H2,1-3H3,(H,30,33)/b22-17-. The number of amides is 1. The van der Waals surface area contributed by atoms with E-state index in [1.807, 2.05) is 0 Å². The number of carbonyl (C=O) groups is 3. The second kappa shape index (κ2) is 15.6. The predicted molar refractivity (Wildman–Crippen MR) is 137 cm³/mol. The van der Waals surface area contributed by atoms with Crippen molar-refractivity contribution in [2.24, 2.45) is 0 Å². The highest BCUT2D eigenvalue weighted by molar-refractivity contribution is 8.13. The van der Waals surface area contributed by atoms with Gasteiger partial charge in [-0.05, 0) is 48.7 Å². The van der Waals surface area contributed by atoms with E-state index in [4.69, 9.17) is 18.9 Å². The van der Waals surface area contributed by atoms with Crippen LogP contribution in [0.15, 0.2) is 60.0 Å². The summed E-state index contributed by atoms with van der Waals surface area (Å²) in [5, 5.41) is 1.93. The van der Waals surface area contributed by atoms with Gasteiger partial charge in [-0.2, -0.15) is 0 Å². The Kier molecular flexibility index (Phi) is 12.6. The second-order valence-corrected chi connectivity index (χ2v) is 8.85. The van der Waals surface area contributed by atoms with Gasteiger partial charge in [0.15, 0.2) is 11.4 Å². The van der Waals surface area contributed by atoms with Crippen molar-refractivity contribution in [3.05, 3.63) is 71.2 Å². The van der Waals surface area contributed by atoms with Crippen LogP contribution in [-0.2, 0) is 35.0 Å². The van der Waals surface area contributed by atoms with E-state index in [1.165, 1.54) is 33.2 Å². The largest absolute Gasteiger partial charge is 0.573 e. The Hall–Kier alpha value is -3.71. The van der Waals surface area contributed by atoms with Crippen LogP contribution < -0.4 is 14.8 Å². The quantitative estimate of drug-likeness (QED) is 0.232. The molecule has 0 aliphatic rings. The minimum Gasteiger partial charge on any atom is -0.495 e. The molecule has 0 saturated carbocycles. The third-order valence-electron chi connectivity index (χ3n) is 5.25. The average molecular weight is 572 g/mol. The van der Waals surface area contributed by atoms with Crippen LogP contribution in [0, 0.1) is 0 Å². The molecule has 212 valence electrons. The van der Waals surface area contributed by atoms with E-state index >= 15 is 0 Å². The van der Waals surface area contributed by atoms with Crippen molar-refractivity contribution in [1.82, 2.24) is 5.32 Å². The van der Waals surface area contributed by atoms with Gasteiger partial charge in [0.05, 0.1) is 12.4 Å². The number of carbonyl (C=O) groups excluding carboxylic acids is 3. The topological polar surface area (TPSA) is 109 Å². The minimum atomic E-state index is -4.87. The van der Waals surface area contributed by atoms with Crippen molar-refractivity contribution in [3.63, 3.8) is 0 Å². The van der Waals surface area contributed by atoms with Crippen LogP contribution in [0.5, 0.6) is 11.5 Å². The van der Waals surface area contributed by atoms with E-state index in [1.54, 1.807) is 30.3 Å². The van der Waals surface area contributed by atoms with Gasteiger partial charge in [0, 0.05) is 7.05 Å². The highest BCUT2D eigenvalue weighted by atomic mass is 32.2. The smallest absolute Gasteiger partial charge is 0.495 e. The summed E-state index contributed by atoms with van der Waals surface area (Å²) in [6.45, 7) is 1.43. The third-order valence-corrected chi connectivity index (χ3v) is 6.07. The molecular weight excluding hydrogens is 543 g/mol. The van der Waals surface area contributed by atoms with Crippen LogP contribution in [0.25, 0.3) is 0 Å². The van der Waals surface area contributed by atoms with E-state index in [2.05, 4.69) is 10.1 Å². The summed E-state index contributed by atoms with van der Waals surface area (Å²) in [6, 6.07) is 12.1. The van der Waals surface area contributed by atoms with Gasteiger partial charge in [0.25, 0.3) is 6.47 Å². The van der Waals surface area contributed by atoms with Crippen LogP contribution in [0.4, 0.5) is 13.2 Å². The van der Waals surface area contributed by atoms with E-state index < -0.39 is 23.5 Å². The molecule has 0 aliphatic carbocycles. The molecule has 0 aliphatic heterocycles. The molecule has 39 heavy (non-hydrogen) atoms. The predicted octanol–water partition coefficient (Wildman–Crippen LogP) is 4.35. The highest BCUT2D eigenvalue weighted by Gasteiger charge is 2.31. The number of alkyl halides is 3. The zero-order valence-electron chi connectivity index (χ0n) is 21.4. The molecule has 9 nitrogen and oxygen atoms in total. The number of benzene rings is 2. The molecule has 0 bridgehead atoms. The number of halogens is 3. The maximum absolute atomic E-state index is 12.7. The Balaban J connectivity index is 2.20. The van der Waals surface area contributed by atoms with Crippen molar-refractivity contribution in [2.45, 2.75) is 31.1 Å². The number of rotatable bonds is 16. The van der Waals surface area contributed by atoms with Crippen molar-refractivity contribution in [1.29, 1.82) is 0 Å². The Morgan fingerprint density at radius 3 is 2.41 bits per heavy atom. The highest BCUT2D eigenvalue weighted by Crippen LogP contribution is 2.28. The van der Waals surface area contributed by atoms with Gasteiger partial charge in [-0.15, -0.1) is 13.2 Å². The molecule has 0 radical (unpaired) electrons. The van der Waals surface area contributed by atoms with Crippen molar-refractivity contribution in [3.8, 4) is 11.5 Å². The second-order valence-electron chi connectivity index (χ2n) is 7.81. The molecule has 2 atom stereocenters. The molecule has 2 aromatic rings. The first-order valence-electron chi connectivity index (χ1n) is 11.4. The van der Waals surface area contributed by atoms with E-state index in [-0.39, 0.29) is 37.1 Å². The van der Waals surface area contributed by atoms with Gasteiger partial charge in [-0.3, -0.25) is 14.4 Å². The van der Waals surface area contributed by atoms with Gasteiger partial charge in [-0.1, -0.05) is 36.0 Å². The first-order chi connectivity index (χ1) is 18.6. The fourth-order valence-electron chi connectivity index (χ4n) is 3.31. The summed E-state index contributed by atoms with van der Waals surface area (Å²) in [5.74, 6) is 0.0671. The number of allylic oxidation sites excluding steroid dienone is 1. The van der Waals surface area contributed by atoms with Crippen LogP contribution in [0.3, 0.4) is 0 Å². The number of ether oxygens (including phenoxy) is 5. The summed E-state index contributed by atoms with van der Waals surface area (Å²) in [7, 11) is 2.84. The first-order valence-corrected chi connectivity index (χ1v) is 12.4. The summed E-state index contributed by atoms with van der Waals surface area (Å²) in [6.07, 6.45) is -5.43. The van der Waals surface area contributed by atoms with Gasteiger partial charge in [0.2, 0.25) is 5.91 Å². The molecule has 0 saturated heterocycles. The number of thioether (sulfide) groups is 1. The molecule has 0 spiro atoms. The molecule has 2 aromatic carbocycles. The molecular formula is C26H28F3NO8S. The average Bonchev–Trinajstić information content (AvgIpc) is 2.90. The van der Waals surface area contributed by atoms with Gasteiger partial charge in [-0.25, -0.2) is 0 Å².